The first kappa shape index (κ1) is 13.1. The minimum atomic E-state index is 0.590. The van der Waals surface area contributed by atoms with Gasteiger partial charge in [0.25, 0.3) is 0 Å². The van der Waals surface area contributed by atoms with E-state index >= 15 is 0 Å². The van der Waals surface area contributed by atoms with Crippen LogP contribution in [-0.4, -0.2) is 18.0 Å². The highest BCUT2D eigenvalue weighted by atomic mass is 127. The van der Waals surface area contributed by atoms with Crippen molar-refractivity contribution in [1.29, 1.82) is 10.5 Å². The summed E-state index contributed by atoms with van der Waals surface area (Å²) in [7, 11) is 0. The van der Waals surface area contributed by atoms with Gasteiger partial charge in [-0.1, -0.05) is 0 Å². The first-order valence-electron chi connectivity index (χ1n) is 5.24. The summed E-state index contributed by atoms with van der Waals surface area (Å²) >= 11 is 1.98. The molecule has 16 heavy (non-hydrogen) atoms. The zero-order valence-corrected chi connectivity index (χ0v) is 11.7. The molecule has 3 nitrogen and oxygen atoms in total. The van der Waals surface area contributed by atoms with Crippen LogP contribution >= 0.6 is 22.6 Å². The van der Waals surface area contributed by atoms with Crippen molar-refractivity contribution in [3.63, 3.8) is 0 Å². The van der Waals surface area contributed by atoms with Gasteiger partial charge >= 0.3 is 0 Å². The van der Waals surface area contributed by atoms with Gasteiger partial charge in [0, 0.05) is 18.8 Å². The molecule has 0 bridgehead atoms. The Kier molecular flexibility index (Phi) is 4.82. The highest BCUT2D eigenvalue weighted by Gasteiger charge is 2.17. The summed E-state index contributed by atoms with van der Waals surface area (Å²) in [6, 6.07) is 4.31. The minimum absolute atomic E-state index is 0.590. The van der Waals surface area contributed by atoms with Crippen molar-refractivity contribution in [2.24, 2.45) is 0 Å². The van der Waals surface area contributed by atoms with Crippen molar-refractivity contribution in [3.8, 4) is 12.1 Å². The van der Waals surface area contributed by atoms with Gasteiger partial charge in [-0.2, -0.15) is 10.5 Å². The lowest BCUT2D eigenvalue weighted by Crippen LogP contribution is -2.18. The molecule has 1 aliphatic rings. The highest BCUT2D eigenvalue weighted by Crippen LogP contribution is 2.25. The van der Waals surface area contributed by atoms with Crippen LogP contribution in [0.15, 0.2) is 20.4 Å². The molecule has 84 valence electrons. The summed E-state index contributed by atoms with van der Waals surface area (Å²) in [5.41, 5.74) is 2.43. The van der Waals surface area contributed by atoms with Gasteiger partial charge in [-0.05, 0) is 54.9 Å². The Hall–Kier alpha value is -1.01. The smallest absolute Gasteiger partial charge is 0.106 e. The van der Waals surface area contributed by atoms with E-state index in [0.717, 1.165) is 24.4 Å². The molecule has 0 atom stereocenters. The molecule has 0 aromatic carbocycles. The van der Waals surface area contributed by atoms with Gasteiger partial charge in [0.2, 0.25) is 0 Å². The average Bonchev–Trinajstić information content (AvgIpc) is 2.82. The van der Waals surface area contributed by atoms with E-state index in [-0.39, 0.29) is 0 Å². The first-order valence-corrected chi connectivity index (χ1v) is 6.32. The second-order valence-corrected chi connectivity index (χ2v) is 4.90. The predicted molar refractivity (Wildman–Crippen MR) is 71.5 cm³/mol. The molecule has 0 unspecified atom stereocenters. The molecule has 1 aliphatic heterocycles. The Morgan fingerprint density at radius 1 is 1.12 bits per heavy atom. The number of hydrogen-bond donors (Lipinski definition) is 0. The molecule has 1 fully saturated rings. The molecule has 4 heteroatoms. The van der Waals surface area contributed by atoms with Gasteiger partial charge < -0.3 is 4.90 Å². The zero-order chi connectivity index (χ0) is 12.1. The molecule has 0 saturated carbocycles. The Morgan fingerprint density at radius 2 is 1.69 bits per heavy atom. The van der Waals surface area contributed by atoms with Crippen molar-refractivity contribution in [2.45, 2.75) is 26.7 Å². The van der Waals surface area contributed by atoms with Crippen molar-refractivity contribution in [3.05, 3.63) is 20.4 Å². The predicted octanol–water partition coefficient (Wildman–Crippen LogP) is 3.11. The summed E-state index contributed by atoms with van der Waals surface area (Å²) in [4.78, 5) is 2.23. The van der Waals surface area contributed by atoms with Gasteiger partial charge in [0.1, 0.15) is 12.1 Å². The maximum atomic E-state index is 9.19. The van der Waals surface area contributed by atoms with Crippen LogP contribution in [0.1, 0.15) is 26.7 Å². The van der Waals surface area contributed by atoms with E-state index in [1.54, 1.807) is 0 Å². The second kappa shape index (κ2) is 5.91. The molecule has 0 aliphatic carbocycles. The summed E-state index contributed by atoms with van der Waals surface area (Å²) in [6.07, 6.45) is 2.38. The van der Waals surface area contributed by atoms with Crippen molar-refractivity contribution >= 4 is 22.6 Å². The Morgan fingerprint density at radius 3 is 2.12 bits per heavy atom. The Balaban J connectivity index is 3.11. The highest BCUT2D eigenvalue weighted by molar-refractivity contribution is 14.1. The first-order chi connectivity index (χ1) is 7.61. The standard InChI is InChI=1S/C12H14IN3/c1-9(12(13)8-15)11(7-14)10(2)16-5-3-4-6-16/h3-6H2,1-2H3/b11-10+,12-9-. The number of rotatable bonds is 2. The number of nitrogens with zero attached hydrogens (tertiary/aromatic N) is 3. The van der Waals surface area contributed by atoms with E-state index in [1.807, 2.05) is 36.4 Å². The fourth-order valence-electron chi connectivity index (χ4n) is 1.84. The molecular formula is C12H14IN3. The molecule has 0 aromatic rings. The Labute approximate surface area is 110 Å². The van der Waals surface area contributed by atoms with Gasteiger partial charge in [-0.15, -0.1) is 0 Å². The second-order valence-electron chi connectivity index (χ2n) is 3.82. The van der Waals surface area contributed by atoms with Crippen molar-refractivity contribution in [1.82, 2.24) is 4.90 Å². The fourth-order valence-corrected chi connectivity index (χ4v) is 2.11. The number of halogens is 1. The van der Waals surface area contributed by atoms with E-state index in [2.05, 4.69) is 17.0 Å². The molecular weight excluding hydrogens is 313 g/mol. The third kappa shape index (κ3) is 2.76. The van der Waals surface area contributed by atoms with Crippen LogP contribution in [-0.2, 0) is 0 Å². The molecule has 1 rings (SSSR count). The van der Waals surface area contributed by atoms with Crippen LogP contribution in [0.4, 0.5) is 0 Å². The maximum absolute atomic E-state index is 9.19. The molecule has 0 spiro atoms. The molecule has 1 saturated heterocycles. The van der Waals surface area contributed by atoms with Crippen LogP contribution < -0.4 is 0 Å². The molecule has 0 aromatic heterocycles. The fraction of sp³-hybridized carbons (Fsp3) is 0.500. The number of likely N-dealkylation sites (tertiary alicyclic amines) is 1. The third-order valence-electron chi connectivity index (χ3n) is 2.86. The van der Waals surface area contributed by atoms with Gasteiger partial charge in [0.15, 0.2) is 0 Å². The number of hydrogen-bond acceptors (Lipinski definition) is 3. The normalized spacial score (nSPS) is 18.4. The number of nitriles is 2. The Bertz CT molecular complexity index is 415. The SMILES string of the molecule is CC(=C(/I)C#N)/C(C#N)=C(\C)N1CCCC1. The van der Waals surface area contributed by atoms with Crippen LogP contribution in [0.25, 0.3) is 0 Å². The largest absolute Gasteiger partial charge is 0.374 e. The summed E-state index contributed by atoms with van der Waals surface area (Å²) in [5.74, 6) is 0. The van der Waals surface area contributed by atoms with E-state index in [9.17, 15) is 5.26 Å². The van der Waals surface area contributed by atoms with Gasteiger partial charge in [-0.3, -0.25) is 0 Å². The van der Waals surface area contributed by atoms with E-state index < -0.39 is 0 Å². The van der Waals surface area contributed by atoms with Crippen LogP contribution in [0.5, 0.6) is 0 Å². The molecule has 1 heterocycles. The topological polar surface area (TPSA) is 50.8 Å². The van der Waals surface area contributed by atoms with Crippen LogP contribution in [0.2, 0.25) is 0 Å². The lowest BCUT2D eigenvalue weighted by molar-refractivity contribution is 0.425. The minimum Gasteiger partial charge on any atom is -0.374 e. The molecule has 0 amide bonds. The summed E-state index contributed by atoms with van der Waals surface area (Å²) in [5, 5.41) is 18.0. The number of allylic oxidation sites excluding steroid dienone is 4. The lowest BCUT2D eigenvalue weighted by Gasteiger charge is -2.20. The third-order valence-corrected chi connectivity index (χ3v) is 3.91. The van der Waals surface area contributed by atoms with E-state index in [0.29, 0.717) is 9.15 Å². The van der Waals surface area contributed by atoms with Gasteiger partial charge in [-0.25, -0.2) is 0 Å². The van der Waals surface area contributed by atoms with Gasteiger partial charge in [0.05, 0.1) is 9.15 Å². The summed E-state index contributed by atoms with van der Waals surface area (Å²) in [6.45, 7) is 5.85. The van der Waals surface area contributed by atoms with E-state index in [1.165, 1.54) is 12.8 Å². The van der Waals surface area contributed by atoms with Crippen molar-refractivity contribution < 1.29 is 0 Å². The van der Waals surface area contributed by atoms with E-state index in [4.69, 9.17) is 5.26 Å². The van der Waals surface area contributed by atoms with Crippen molar-refractivity contribution in [2.75, 3.05) is 13.1 Å². The van der Waals surface area contributed by atoms with Crippen LogP contribution in [0, 0.1) is 22.7 Å². The maximum Gasteiger partial charge on any atom is 0.106 e. The average molecular weight is 327 g/mol. The monoisotopic (exact) mass is 327 g/mol. The lowest BCUT2D eigenvalue weighted by atomic mass is 10.1. The van der Waals surface area contributed by atoms with Crippen LogP contribution in [0.3, 0.4) is 0 Å². The summed E-state index contributed by atoms with van der Waals surface area (Å²) < 4.78 is 0.590. The zero-order valence-electron chi connectivity index (χ0n) is 9.55. The quantitative estimate of drug-likeness (QED) is 0.445. The molecule has 0 radical (unpaired) electrons. The molecule has 0 N–H and O–H groups in total.